The molecule has 4 nitrogen and oxygen atoms in total. The van der Waals surface area contributed by atoms with Gasteiger partial charge in [0.15, 0.2) is 0 Å². The van der Waals surface area contributed by atoms with Crippen molar-refractivity contribution in [1.82, 2.24) is 9.88 Å². The Labute approximate surface area is 177 Å². The van der Waals surface area contributed by atoms with Crippen molar-refractivity contribution in [3.63, 3.8) is 0 Å². The lowest BCUT2D eigenvalue weighted by Gasteiger charge is -2.27. The first-order valence-corrected chi connectivity index (χ1v) is 10.5. The van der Waals surface area contributed by atoms with Crippen molar-refractivity contribution in [3.8, 4) is 22.8 Å². The molecule has 1 saturated carbocycles. The molecule has 0 aliphatic heterocycles. The van der Waals surface area contributed by atoms with Crippen molar-refractivity contribution in [2.24, 2.45) is 0 Å². The second-order valence-corrected chi connectivity index (χ2v) is 7.56. The van der Waals surface area contributed by atoms with Crippen molar-refractivity contribution in [3.05, 3.63) is 91.1 Å². The number of nitrogens with zero attached hydrogens (tertiary/aromatic N) is 2. The van der Waals surface area contributed by atoms with Crippen LogP contribution in [0.5, 0.6) is 11.5 Å². The van der Waals surface area contributed by atoms with Crippen LogP contribution in [0.1, 0.15) is 36.0 Å². The number of aromatic nitrogens is 1. The maximum absolute atomic E-state index is 13.0. The minimum absolute atomic E-state index is 0.0347. The molecule has 30 heavy (non-hydrogen) atoms. The molecule has 4 rings (SSSR count). The van der Waals surface area contributed by atoms with Crippen LogP contribution in [0.4, 0.5) is 0 Å². The summed E-state index contributed by atoms with van der Waals surface area (Å²) in [6.07, 6.45) is 8.00. The number of hydrogen-bond acceptors (Lipinski definition) is 3. The number of amides is 1. The quantitative estimate of drug-likeness (QED) is 0.451. The van der Waals surface area contributed by atoms with Gasteiger partial charge in [-0.05, 0) is 61.4 Å². The fraction of sp³-hybridized carbons (Fsp3) is 0.231. The summed E-state index contributed by atoms with van der Waals surface area (Å²) >= 11 is 0. The van der Waals surface area contributed by atoms with Gasteiger partial charge in [-0.2, -0.15) is 0 Å². The van der Waals surface area contributed by atoms with Gasteiger partial charge in [-0.15, -0.1) is 6.58 Å². The maximum atomic E-state index is 13.0. The number of rotatable bonds is 7. The van der Waals surface area contributed by atoms with Crippen LogP contribution in [0.25, 0.3) is 11.3 Å². The summed E-state index contributed by atoms with van der Waals surface area (Å²) in [5.74, 6) is 1.61. The zero-order valence-electron chi connectivity index (χ0n) is 17.0. The molecule has 0 atom stereocenters. The van der Waals surface area contributed by atoms with Crippen LogP contribution in [0, 0.1) is 0 Å². The van der Waals surface area contributed by atoms with Crippen LogP contribution in [-0.2, 0) is 0 Å². The van der Waals surface area contributed by atoms with E-state index in [-0.39, 0.29) is 5.91 Å². The summed E-state index contributed by atoms with van der Waals surface area (Å²) < 4.78 is 5.84. The van der Waals surface area contributed by atoms with E-state index in [1.165, 1.54) is 12.8 Å². The molecule has 4 heteroatoms. The Balaban J connectivity index is 1.46. The van der Waals surface area contributed by atoms with E-state index in [0.29, 0.717) is 18.2 Å². The minimum Gasteiger partial charge on any atom is -0.457 e. The molecular formula is C26H26N2O2. The van der Waals surface area contributed by atoms with E-state index in [1.807, 2.05) is 71.6 Å². The predicted molar refractivity (Wildman–Crippen MR) is 120 cm³/mol. The van der Waals surface area contributed by atoms with Gasteiger partial charge in [0, 0.05) is 24.3 Å². The van der Waals surface area contributed by atoms with E-state index in [4.69, 9.17) is 4.74 Å². The summed E-state index contributed by atoms with van der Waals surface area (Å²) in [5, 5.41) is 0. The SMILES string of the molecule is C=CCN(C(=O)c1ccc(-c2ccc(Oc3ccccc3)cc2)nc1)C1CCCC1. The Kier molecular flexibility index (Phi) is 6.23. The minimum atomic E-state index is 0.0347. The van der Waals surface area contributed by atoms with E-state index in [1.54, 1.807) is 12.3 Å². The Morgan fingerprint density at radius 1 is 1.00 bits per heavy atom. The van der Waals surface area contributed by atoms with E-state index >= 15 is 0 Å². The number of para-hydroxylation sites is 1. The molecule has 0 unspecified atom stereocenters. The highest BCUT2D eigenvalue weighted by Gasteiger charge is 2.26. The van der Waals surface area contributed by atoms with E-state index in [2.05, 4.69) is 11.6 Å². The number of carbonyl (C=O) groups excluding carboxylic acids is 1. The summed E-state index contributed by atoms with van der Waals surface area (Å²) in [7, 11) is 0. The zero-order valence-corrected chi connectivity index (χ0v) is 17.0. The topological polar surface area (TPSA) is 42.4 Å². The third-order valence-corrected chi connectivity index (χ3v) is 5.49. The second kappa shape index (κ2) is 9.40. The van der Waals surface area contributed by atoms with Crippen molar-refractivity contribution < 1.29 is 9.53 Å². The lowest BCUT2D eigenvalue weighted by molar-refractivity contribution is 0.0706. The highest BCUT2D eigenvalue weighted by molar-refractivity contribution is 5.94. The molecule has 0 saturated heterocycles. The molecule has 2 aromatic carbocycles. The molecule has 1 aliphatic carbocycles. The maximum Gasteiger partial charge on any atom is 0.255 e. The normalized spacial score (nSPS) is 13.7. The lowest BCUT2D eigenvalue weighted by Crippen LogP contribution is -2.39. The van der Waals surface area contributed by atoms with Crippen LogP contribution in [0.15, 0.2) is 85.6 Å². The standard InChI is InChI=1S/C26H26N2O2/c1-2-18-28(22-8-6-7-9-22)26(29)21-14-17-25(27-19-21)20-12-15-24(16-13-20)30-23-10-4-3-5-11-23/h2-5,10-17,19,22H,1,6-9,18H2. The smallest absolute Gasteiger partial charge is 0.255 e. The van der Waals surface area contributed by atoms with Crippen LogP contribution < -0.4 is 4.74 Å². The molecule has 0 radical (unpaired) electrons. The number of benzene rings is 2. The summed E-state index contributed by atoms with van der Waals surface area (Å²) in [6.45, 7) is 4.39. The molecule has 3 aromatic rings. The molecule has 1 heterocycles. The Morgan fingerprint density at radius 2 is 1.70 bits per heavy atom. The van der Waals surface area contributed by atoms with Gasteiger partial charge in [0.05, 0.1) is 11.3 Å². The van der Waals surface area contributed by atoms with Gasteiger partial charge in [-0.3, -0.25) is 9.78 Å². The van der Waals surface area contributed by atoms with Gasteiger partial charge < -0.3 is 9.64 Å². The van der Waals surface area contributed by atoms with Crippen LogP contribution in [0.3, 0.4) is 0 Å². The molecule has 0 N–H and O–H groups in total. The average molecular weight is 399 g/mol. The first-order chi connectivity index (χ1) is 14.7. The van der Waals surface area contributed by atoms with E-state index in [9.17, 15) is 4.79 Å². The van der Waals surface area contributed by atoms with Gasteiger partial charge in [-0.25, -0.2) is 0 Å². The molecular weight excluding hydrogens is 372 g/mol. The highest BCUT2D eigenvalue weighted by atomic mass is 16.5. The van der Waals surface area contributed by atoms with Crippen molar-refractivity contribution >= 4 is 5.91 Å². The largest absolute Gasteiger partial charge is 0.457 e. The molecule has 0 bridgehead atoms. The first kappa shape index (κ1) is 19.9. The number of hydrogen-bond donors (Lipinski definition) is 0. The fourth-order valence-electron chi connectivity index (χ4n) is 3.93. The van der Waals surface area contributed by atoms with Crippen molar-refractivity contribution in [2.75, 3.05) is 6.54 Å². The third kappa shape index (κ3) is 4.60. The summed E-state index contributed by atoms with van der Waals surface area (Å²) in [6, 6.07) is 21.6. The summed E-state index contributed by atoms with van der Waals surface area (Å²) in [5.41, 5.74) is 2.43. The Bertz CT molecular complexity index is 976. The number of ether oxygens (including phenoxy) is 1. The van der Waals surface area contributed by atoms with Crippen LogP contribution in [0.2, 0.25) is 0 Å². The molecule has 1 amide bonds. The monoisotopic (exact) mass is 398 g/mol. The molecule has 1 aliphatic rings. The summed E-state index contributed by atoms with van der Waals surface area (Å²) in [4.78, 5) is 19.5. The second-order valence-electron chi connectivity index (χ2n) is 7.56. The van der Waals surface area contributed by atoms with Crippen LogP contribution in [-0.4, -0.2) is 28.4 Å². The first-order valence-electron chi connectivity index (χ1n) is 10.5. The number of carbonyl (C=O) groups is 1. The average Bonchev–Trinajstić information content (AvgIpc) is 3.33. The lowest BCUT2D eigenvalue weighted by atomic mass is 10.1. The third-order valence-electron chi connectivity index (χ3n) is 5.49. The predicted octanol–water partition coefficient (Wildman–Crippen LogP) is 6.11. The Morgan fingerprint density at radius 3 is 2.33 bits per heavy atom. The van der Waals surface area contributed by atoms with Gasteiger partial charge in [-0.1, -0.05) is 37.1 Å². The Hall–Kier alpha value is -3.40. The molecule has 0 spiro atoms. The molecule has 152 valence electrons. The van der Waals surface area contributed by atoms with E-state index in [0.717, 1.165) is 35.6 Å². The fourth-order valence-corrected chi connectivity index (χ4v) is 3.93. The van der Waals surface area contributed by atoms with Gasteiger partial charge in [0.1, 0.15) is 11.5 Å². The number of pyridine rings is 1. The van der Waals surface area contributed by atoms with Crippen molar-refractivity contribution in [1.29, 1.82) is 0 Å². The van der Waals surface area contributed by atoms with Crippen LogP contribution >= 0.6 is 0 Å². The highest BCUT2D eigenvalue weighted by Crippen LogP contribution is 2.27. The zero-order chi connectivity index (χ0) is 20.8. The van der Waals surface area contributed by atoms with Gasteiger partial charge in [0.2, 0.25) is 0 Å². The van der Waals surface area contributed by atoms with Crippen molar-refractivity contribution in [2.45, 2.75) is 31.7 Å². The van der Waals surface area contributed by atoms with E-state index < -0.39 is 0 Å². The van der Waals surface area contributed by atoms with Gasteiger partial charge in [0.25, 0.3) is 5.91 Å². The van der Waals surface area contributed by atoms with Gasteiger partial charge >= 0.3 is 0 Å². The molecule has 1 aromatic heterocycles. The molecule has 1 fully saturated rings.